The van der Waals surface area contributed by atoms with Gasteiger partial charge in [-0.1, -0.05) is 0 Å². The molecule has 3 aliphatic carbocycles. The third-order valence-electron chi connectivity index (χ3n) is 9.25. The fourth-order valence-corrected chi connectivity index (χ4v) is 7.23. The third-order valence-corrected chi connectivity index (χ3v) is 9.25. The zero-order chi connectivity index (χ0) is 19.1. The van der Waals surface area contributed by atoms with Crippen molar-refractivity contribution in [1.29, 1.82) is 0 Å². The van der Waals surface area contributed by atoms with Gasteiger partial charge in [-0.2, -0.15) is 0 Å². The highest BCUT2D eigenvalue weighted by molar-refractivity contribution is 5.84. The summed E-state index contributed by atoms with van der Waals surface area (Å²) < 4.78 is 5.17. The number of hydrogen-bond acceptors (Lipinski definition) is 4. The van der Waals surface area contributed by atoms with Gasteiger partial charge < -0.3 is 14.5 Å². The lowest BCUT2D eigenvalue weighted by atomic mass is 9.64. The molecule has 6 fully saturated rings. The van der Waals surface area contributed by atoms with Crippen molar-refractivity contribution in [3.8, 4) is 0 Å². The van der Waals surface area contributed by atoms with Crippen LogP contribution in [0.1, 0.15) is 51.9 Å². The maximum absolute atomic E-state index is 13.0. The van der Waals surface area contributed by atoms with Gasteiger partial charge in [0, 0.05) is 50.2 Å². The van der Waals surface area contributed by atoms with Crippen LogP contribution >= 0.6 is 0 Å². The van der Waals surface area contributed by atoms with Gasteiger partial charge in [0.1, 0.15) is 0 Å². The van der Waals surface area contributed by atoms with Crippen molar-refractivity contribution in [3.63, 3.8) is 0 Å². The number of amides is 2. The highest BCUT2D eigenvalue weighted by Gasteiger charge is 2.65. The minimum absolute atomic E-state index is 0.137. The number of piperidine rings is 1. The molecule has 6 nitrogen and oxygen atoms in total. The van der Waals surface area contributed by atoms with Crippen molar-refractivity contribution in [3.05, 3.63) is 0 Å². The smallest absolute Gasteiger partial charge is 0.409 e. The molecule has 6 rings (SSSR count). The minimum atomic E-state index is -0.137. The van der Waals surface area contributed by atoms with Crippen LogP contribution in [-0.4, -0.2) is 77.6 Å². The summed E-state index contributed by atoms with van der Waals surface area (Å²) in [6.45, 7) is 7.33. The summed E-state index contributed by atoms with van der Waals surface area (Å²) in [5, 5.41) is 0. The number of carbonyl (C=O) groups is 2. The molecule has 0 bridgehead atoms. The van der Waals surface area contributed by atoms with Crippen LogP contribution in [0, 0.1) is 23.2 Å². The van der Waals surface area contributed by atoms with Gasteiger partial charge in [0.25, 0.3) is 0 Å². The lowest BCUT2D eigenvalue weighted by Gasteiger charge is -2.59. The van der Waals surface area contributed by atoms with Crippen molar-refractivity contribution < 1.29 is 14.3 Å². The average Bonchev–Trinajstić information content (AvgIpc) is 2.95. The van der Waals surface area contributed by atoms with Gasteiger partial charge in [-0.05, 0) is 69.1 Å². The van der Waals surface area contributed by atoms with Crippen molar-refractivity contribution in [2.45, 2.75) is 63.5 Å². The summed E-state index contributed by atoms with van der Waals surface area (Å²) in [7, 11) is 0. The number of nitrogens with zero attached hydrogens (tertiary/aromatic N) is 3. The van der Waals surface area contributed by atoms with E-state index >= 15 is 0 Å². The monoisotopic (exact) mass is 387 g/mol. The van der Waals surface area contributed by atoms with E-state index in [4.69, 9.17) is 4.74 Å². The maximum atomic E-state index is 13.0. The second-order valence-electron chi connectivity index (χ2n) is 10.6. The average molecular weight is 388 g/mol. The molecule has 154 valence electrons. The Bertz CT molecular complexity index is 682. The van der Waals surface area contributed by atoms with E-state index < -0.39 is 0 Å². The molecule has 3 atom stereocenters. The Morgan fingerprint density at radius 1 is 1.04 bits per heavy atom. The molecule has 3 aliphatic heterocycles. The zero-order valence-electron chi connectivity index (χ0n) is 17.1. The molecule has 3 saturated heterocycles. The lowest BCUT2D eigenvalue weighted by Crippen LogP contribution is -2.66. The molecule has 6 heteroatoms. The number of ether oxygens (including phenoxy) is 1. The van der Waals surface area contributed by atoms with Gasteiger partial charge in [-0.3, -0.25) is 9.69 Å². The molecular formula is C22H33N3O3. The summed E-state index contributed by atoms with van der Waals surface area (Å²) >= 11 is 0. The Hall–Kier alpha value is -1.30. The SMILES string of the molecule is CCOC(=O)N1CCC2(CC(N3C[C@@H]4[C@H](C3)[C@@H]4C(=O)N3CCC34CCC4)C2)C1. The quantitative estimate of drug-likeness (QED) is 0.746. The van der Waals surface area contributed by atoms with Crippen LogP contribution in [0.15, 0.2) is 0 Å². The molecular weight excluding hydrogens is 354 g/mol. The number of rotatable bonds is 3. The molecule has 0 unspecified atom stereocenters. The van der Waals surface area contributed by atoms with E-state index in [0.29, 0.717) is 47.3 Å². The number of carbonyl (C=O) groups excluding carboxylic acids is 2. The van der Waals surface area contributed by atoms with Crippen molar-refractivity contribution in [2.75, 3.05) is 39.3 Å². The highest BCUT2D eigenvalue weighted by Crippen LogP contribution is 2.59. The Morgan fingerprint density at radius 3 is 2.36 bits per heavy atom. The molecule has 0 aromatic heterocycles. The first-order chi connectivity index (χ1) is 13.5. The summed E-state index contributed by atoms with van der Waals surface area (Å²) in [5.41, 5.74) is 0.648. The second-order valence-corrected chi connectivity index (χ2v) is 10.6. The van der Waals surface area contributed by atoms with Crippen LogP contribution < -0.4 is 0 Å². The highest BCUT2D eigenvalue weighted by atomic mass is 16.6. The van der Waals surface area contributed by atoms with Gasteiger partial charge >= 0.3 is 6.09 Å². The van der Waals surface area contributed by atoms with Crippen LogP contribution in [-0.2, 0) is 9.53 Å². The summed E-state index contributed by atoms with van der Waals surface area (Å²) in [6.07, 6.45) is 8.49. The molecule has 6 aliphatic rings. The van der Waals surface area contributed by atoms with Crippen molar-refractivity contribution in [2.24, 2.45) is 23.2 Å². The number of likely N-dealkylation sites (tertiary alicyclic amines) is 3. The zero-order valence-corrected chi connectivity index (χ0v) is 17.1. The largest absolute Gasteiger partial charge is 0.450 e. The predicted octanol–water partition coefficient (Wildman–Crippen LogP) is 2.33. The molecule has 2 spiro atoms. The molecule has 3 heterocycles. The Labute approximate surface area is 167 Å². The van der Waals surface area contributed by atoms with E-state index in [-0.39, 0.29) is 6.09 Å². The van der Waals surface area contributed by atoms with E-state index in [1.54, 1.807) is 0 Å². The first-order valence-corrected chi connectivity index (χ1v) is 11.5. The van der Waals surface area contributed by atoms with E-state index in [1.807, 2.05) is 11.8 Å². The molecule has 2 amide bonds. The standard InChI is InChI=1S/C22H33N3O3/c1-2-28-20(27)23-8-6-21(14-23)10-15(11-21)24-12-16-17(13-24)18(16)19(26)25-9-7-22(25)4-3-5-22/h15-18H,2-14H2,1H3/t15?,16-,17+,18-,21?. The third kappa shape index (κ3) is 2.36. The van der Waals surface area contributed by atoms with Gasteiger partial charge in [-0.25, -0.2) is 4.79 Å². The van der Waals surface area contributed by atoms with Crippen LogP contribution in [0.4, 0.5) is 4.79 Å². The van der Waals surface area contributed by atoms with Crippen LogP contribution in [0.3, 0.4) is 0 Å². The molecule has 0 aromatic rings. The molecule has 0 N–H and O–H groups in total. The summed E-state index contributed by atoms with van der Waals surface area (Å²) in [6, 6.07) is 0.674. The van der Waals surface area contributed by atoms with Gasteiger partial charge in [-0.15, -0.1) is 0 Å². The van der Waals surface area contributed by atoms with E-state index in [2.05, 4.69) is 9.80 Å². The molecule has 3 saturated carbocycles. The fourth-order valence-electron chi connectivity index (χ4n) is 7.23. The van der Waals surface area contributed by atoms with E-state index in [1.165, 1.54) is 38.5 Å². The van der Waals surface area contributed by atoms with Crippen LogP contribution in [0.5, 0.6) is 0 Å². The fraction of sp³-hybridized carbons (Fsp3) is 0.909. The molecule has 0 aromatic carbocycles. The lowest BCUT2D eigenvalue weighted by molar-refractivity contribution is -0.158. The minimum Gasteiger partial charge on any atom is -0.450 e. The van der Waals surface area contributed by atoms with Crippen LogP contribution in [0.2, 0.25) is 0 Å². The second kappa shape index (κ2) is 5.87. The summed E-state index contributed by atoms with van der Waals surface area (Å²) in [4.78, 5) is 31.8. The summed E-state index contributed by atoms with van der Waals surface area (Å²) in [5.74, 6) is 2.09. The van der Waals surface area contributed by atoms with Gasteiger partial charge in [0.2, 0.25) is 5.91 Å². The van der Waals surface area contributed by atoms with Gasteiger partial charge in [0.05, 0.1) is 6.61 Å². The first kappa shape index (κ1) is 17.5. The number of fused-ring (bicyclic) bond motifs is 1. The topological polar surface area (TPSA) is 53.1 Å². The number of hydrogen-bond donors (Lipinski definition) is 0. The maximum Gasteiger partial charge on any atom is 0.409 e. The van der Waals surface area contributed by atoms with Crippen molar-refractivity contribution >= 4 is 12.0 Å². The molecule has 28 heavy (non-hydrogen) atoms. The van der Waals surface area contributed by atoms with E-state index in [9.17, 15) is 9.59 Å². The van der Waals surface area contributed by atoms with Crippen LogP contribution in [0.25, 0.3) is 0 Å². The first-order valence-electron chi connectivity index (χ1n) is 11.5. The normalized spacial score (nSPS) is 42.8. The predicted molar refractivity (Wildman–Crippen MR) is 104 cm³/mol. The van der Waals surface area contributed by atoms with E-state index in [0.717, 1.165) is 39.1 Å². The van der Waals surface area contributed by atoms with Gasteiger partial charge in [0.15, 0.2) is 0 Å². The Balaban J connectivity index is 0.987. The molecule has 0 radical (unpaired) electrons. The van der Waals surface area contributed by atoms with Crippen molar-refractivity contribution in [1.82, 2.24) is 14.7 Å². The Kier molecular flexibility index (Phi) is 3.68. The Morgan fingerprint density at radius 2 is 1.79 bits per heavy atom.